The highest BCUT2D eigenvalue weighted by atomic mass is 35.5. The minimum absolute atomic E-state index is 0. The first-order chi connectivity index (χ1) is 13.9. The number of rotatable bonds is 8. The van der Waals surface area contributed by atoms with Gasteiger partial charge in [-0.1, -0.05) is 0 Å². The van der Waals surface area contributed by atoms with Gasteiger partial charge in [-0.3, -0.25) is 9.59 Å². The number of methoxy groups -OCH3 is 1. The largest absolute Gasteiger partial charge is 0.497 e. The lowest BCUT2D eigenvalue weighted by Crippen LogP contribution is -2.49. The summed E-state index contributed by atoms with van der Waals surface area (Å²) in [5.74, 6) is 0.0459. The molecule has 0 aromatic heterocycles. The fourth-order valence-electron chi connectivity index (χ4n) is 3.63. The third kappa shape index (κ3) is 5.88. The van der Waals surface area contributed by atoms with Crippen LogP contribution in [0.1, 0.15) is 46.4 Å². The van der Waals surface area contributed by atoms with E-state index in [-0.39, 0.29) is 29.8 Å². The van der Waals surface area contributed by atoms with E-state index in [0.717, 1.165) is 6.54 Å². The van der Waals surface area contributed by atoms with Crippen LogP contribution in [0.25, 0.3) is 0 Å². The van der Waals surface area contributed by atoms with Crippen LogP contribution >= 0.6 is 12.4 Å². The number of aliphatic hydroxyl groups is 1. The second kappa shape index (κ2) is 10.7. The maximum atomic E-state index is 12.9. The first-order valence-corrected chi connectivity index (χ1v) is 9.84. The lowest BCUT2D eigenvalue weighted by Gasteiger charge is -2.37. The average molecular weight is 436 g/mol. The van der Waals surface area contributed by atoms with Crippen molar-refractivity contribution in [2.75, 3.05) is 26.7 Å². The molecule has 5 nitrogen and oxygen atoms in total. The van der Waals surface area contributed by atoms with Crippen LogP contribution in [-0.2, 0) is 0 Å². The second-order valence-corrected chi connectivity index (χ2v) is 7.46. The number of carbonyl (C=O) groups is 2. The summed E-state index contributed by atoms with van der Waals surface area (Å²) in [7, 11) is 1.56. The minimum Gasteiger partial charge on any atom is -0.497 e. The molecule has 2 aromatic rings. The van der Waals surface area contributed by atoms with Crippen molar-refractivity contribution < 1.29 is 23.8 Å². The Morgan fingerprint density at radius 1 is 1.03 bits per heavy atom. The fourth-order valence-corrected chi connectivity index (χ4v) is 3.63. The van der Waals surface area contributed by atoms with Crippen molar-refractivity contribution in [3.63, 3.8) is 0 Å². The molecule has 30 heavy (non-hydrogen) atoms. The van der Waals surface area contributed by atoms with Crippen molar-refractivity contribution in [3.8, 4) is 5.75 Å². The molecule has 0 atom stereocenters. The highest BCUT2D eigenvalue weighted by Gasteiger charge is 2.39. The molecule has 1 aliphatic heterocycles. The van der Waals surface area contributed by atoms with Crippen molar-refractivity contribution in [1.29, 1.82) is 0 Å². The Balaban J connectivity index is 0.00000320. The van der Waals surface area contributed by atoms with E-state index in [9.17, 15) is 19.1 Å². The van der Waals surface area contributed by atoms with Gasteiger partial charge in [-0.2, -0.15) is 0 Å². The fraction of sp³-hybridized carbons (Fsp3) is 0.391. The van der Waals surface area contributed by atoms with Gasteiger partial charge < -0.3 is 14.7 Å². The number of ether oxygens (including phenoxy) is 1. The number of ketones is 2. The van der Waals surface area contributed by atoms with Crippen LogP contribution in [-0.4, -0.2) is 53.9 Å². The summed E-state index contributed by atoms with van der Waals surface area (Å²) in [5.41, 5.74) is -0.356. The van der Waals surface area contributed by atoms with E-state index in [4.69, 9.17) is 4.74 Å². The highest BCUT2D eigenvalue weighted by Crippen LogP contribution is 2.27. The van der Waals surface area contributed by atoms with Gasteiger partial charge in [0, 0.05) is 30.6 Å². The number of benzene rings is 2. The summed E-state index contributed by atoms with van der Waals surface area (Å²) in [4.78, 5) is 27.0. The molecule has 0 aliphatic carbocycles. The minimum atomic E-state index is -1.35. The lowest BCUT2D eigenvalue weighted by molar-refractivity contribution is -0.00648. The molecule has 0 unspecified atom stereocenters. The summed E-state index contributed by atoms with van der Waals surface area (Å²) >= 11 is 0. The zero-order valence-corrected chi connectivity index (χ0v) is 17.8. The highest BCUT2D eigenvalue weighted by molar-refractivity contribution is 6.02. The summed E-state index contributed by atoms with van der Waals surface area (Å²) in [6.07, 6.45) is 1.80. The summed E-state index contributed by atoms with van der Waals surface area (Å²) in [5, 5.41) is 10.8. The third-order valence-electron chi connectivity index (χ3n) is 5.50. The Bertz CT molecular complexity index is 847. The quantitative estimate of drug-likeness (QED) is 0.636. The van der Waals surface area contributed by atoms with Gasteiger partial charge in [0.15, 0.2) is 11.6 Å². The van der Waals surface area contributed by atoms with Gasteiger partial charge in [0.2, 0.25) is 0 Å². The van der Waals surface area contributed by atoms with Crippen LogP contribution in [0.15, 0.2) is 48.5 Å². The van der Waals surface area contributed by atoms with E-state index in [1.165, 1.54) is 24.3 Å². The number of hydrogen-bond donors (Lipinski definition) is 1. The van der Waals surface area contributed by atoms with Crippen LogP contribution in [0.4, 0.5) is 4.39 Å². The summed E-state index contributed by atoms with van der Waals surface area (Å²) in [6, 6.07) is 12.4. The third-order valence-corrected chi connectivity index (χ3v) is 5.50. The van der Waals surface area contributed by atoms with Crippen LogP contribution in [0.2, 0.25) is 0 Å². The number of likely N-dealkylation sites (tertiary alicyclic amines) is 1. The number of Topliss-reactive ketones (excluding diaryl/α,β-unsaturated/α-hetero) is 2. The van der Waals surface area contributed by atoms with Gasteiger partial charge in [-0.05, 0) is 74.3 Å². The van der Waals surface area contributed by atoms with Crippen LogP contribution in [0.3, 0.4) is 0 Å². The Kier molecular flexibility index (Phi) is 8.53. The zero-order valence-electron chi connectivity index (χ0n) is 17.0. The zero-order chi connectivity index (χ0) is 20.9. The Morgan fingerprint density at radius 3 is 2.17 bits per heavy atom. The number of hydrogen-bond acceptors (Lipinski definition) is 5. The molecule has 0 saturated carbocycles. The van der Waals surface area contributed by atoms with E-state index in [1.54, 1.807) is 31.4 Å². The predicted octanol–water partition coefficient (Wildman–Crippen LogP) is 3.93. The van der Waals surface area contributed by atoms with Gasteiger partial charge in [0.25, 0.3) is 0 Å². The monoisotopic (exact) mass is 435 g/mol. The van der Waals surface area contributed by atoms with Gasteiger partial charge in [0.05, 0.1) is 7.11 Å². The van der Waals surface area contributed by atoms with E-state index in [2.05, 4.69) is 4.90 Å². The molecule has 162 valence electrons. The first kappa shape index (κ1) is 24.0. The van der Waals surface area contributed by atoms with Gasteiger partial charge >= 0.3 is 0 Å². The van der Waals surface area contributed by atoms with Crippen molar-refractivity contribution in [3.05, 3.63) is 65.5 Å². The second-order valence-electron chi connectivity index (χ2n) is 7.46. The molecule has 1 heterocycles. The lowest BCUT2D eigenvalue weighted by atomic mass is 9.84. The molecule has 0 amide bonds. The maximum Gasteiger partial charge on any atom is 0.194 e. The van der Waals surface area contributed by atoms with Crippen molar-refractivity contribution in [1.82, 2.24) is 4.90 Å². The predicted molar refractivity (Wildman–Crippen MR) is 115 cm³/mol. The van der Waals surface area contributed by atoms with E-state index < -0.39 is 5.60 Å². The molecular formula is C23H27ClFNO4. The normalized spacial score (nSPS) is 15.8. The summed E-state index contributed by atoms with van der Waals surface area (Å²) in [6.45, 7) is 1.92. The molecule has 0 radical (unpaired) electrons. The van der Waals surface area contributed by atoms with Crippen molar-refractivity contribution >= 4 is 24.0 Å². The molecule has 1 aliphatic rings. The van der Waals surface area contributed by atoms with E-state index in [0.29, 0.717) is 55.6 Å². The maximum absolute atomic E-state index is 12.9. The number of carbonyl (C=O) groups excluding carboxylic acids is 2. The standard InChI is InChI=1S/C23H26FNO4.ClH/c1-29-20-10-6-18(7-11-20)22(27)23(28)12-15-25(16-13-23)14-2-3-21(26)17-4-8-19(24)9-5-17;/h4-11,28H,2-3,12-16H2,1H3;1H. The molecule has 3 rings (SSSR count). The molecule has 1 fully saturated rings. The topological polar surface area (TPSA) is 66.8 Å². The molecule has 1 saturated heterocycles. The van der Waals surface area contributed by atoms with Crippen molar-refractivity contribution in [2.24, 2.45) is 0 Å². The Morgan fingerprint density at radius 2 is 1.60 bits per heavy atom. The van der Waals surface area contributed by atoms with Gasteiger partial charge in [-0.25, -0.2) is 4.39 Å². The molecule has 7 heteroatoms. The van der Waals surface area contributed by atoms with Crippen molar-refractivity contribution in [2.45, 2.75) is 31.3 Å². The summed E-state index contributed by atoms with van der Waals surface area (Å²) < 4.78 is 18.0. The molecule has 2 aromatic carbocycles. The number of halogens is 2. The average Bonchev–Trinajstić information content (AvgIpc) is 2.75. The Hall–Kier alpha value is -2.28. The molecule has 0 bridgehead atoms. The van der Waals surface area contributed by atoms with Gasteiger partial charge in [0.1, 0.15) is 17.2 Å². The number of piperidine rings is 1. The van der Waals surface area contributed by atoms with Gasteiger partial charge in [-0.15, -0.1) is 12.4 Å². The number of nitrogens with zero attached hydrogens (tertiary/aromatic N) is 1. The van der Waals surface area contributed by atoms with Crippen LogP contribution < -0.4 is 4.74 Å². The SMILES string of the molecule is COc1ccc(C(=O)C2(O)CCN(CCCC(=O)c3ccc(F)cc3)CC2)cc1.Cl. The molecular weight excluding hydrogens is 409 g/mol. The van der Waals surface area contributed by atoms with E-state index in [1.807, 2.05) is 0 Å². The van der Waals surface area contributed by atoms with Crippen LogP contribution in [0, 0.1) is 5.82 Å². The Labute approximate surface area is 182 Å². The first-order valence-electron chi connectivity index (χ1n) is 9.84. The van der Waals surface area contributed by atoms with E-state index >= 15 is 0 Å². The molecule has 0 spiro atoms. The molecule has 1 N–H and O–H groups in total. The van der Waals surface area contributed by atoms with Crippen LogP contribution in [0.5, 0.6) is 5.75 Å². The smallest absolute Gasteiger partial charge is 0.194 e.